The van der Waals surface area contributed by atoms with Gasteiger partial charge in [-0.1, -0.05) is 19.8 Å². The molecular formula is C20H25F3O2. The molecule has 0 amide bonds. The van der Waals surface area contributed by atoms with Gasteiger partial charge in [-0.2, -0.15) is 0 Å². The van der Waals surface area contributed by atoms with Crippen molar-refractivity contribution < 1.29 is 22.7 Å². The van der Waals surface area contributed by atoms with Gasteiger partial charge < -0.3 is 4.74 Å². The number of hydrogen-bond donors (Lipinski definition) is 0. The van der Waals surface area contributed by atoms with Crippen molar-refractivity contribution in [3.05, 3.63) is 29.6 Å². The lowest BCUT2D eigenvalue weighted by molar-refractivity contribution is -0.140. The fourth-order valence-corrected chi connectivity index (χ4v) is 4.37. The van der Waals surface area contributed by atoms with Crippen LogP contribution >= 0.6 is 0 Å². The number of esters is 1. The van der Waals surface area contributed by atoms with Crippen molar-refractivity contribution in [3.63, 3.8) is 0 Å². The standard InChI is InChI=1S/C20H25F3O2/c1-12-2-4-13(5-3-12)14-6-8-15(9-7-14)20(24)25-16-10-17(21)19(23)18(22)11-16/h10-15H,2-9H2,1H3. The summed E-state index contributed by atoms with van der Waals surface area (Å²) in [7, 11) is 0. The number of halogens is 3. The highest BCUT2D eigenvalue weighted by molar-refractivity contribution is 5.75. The van der Waals surface area contributed by atoms with Gasteiger partial charge in [0.25, 0.3) is 0 Å². The lowest BCUT2D eigenvalue weighted by atomic mass is 9.69. The average Bonchev–Trinajstić information content (AvgIpc) is 2.60. The first kappa shape index (κ1) is 18.3. The molecule has 0 spiro atoms. The van der Waals surface area contributed by atoms with Crippen LogP contribution in [-0.4, -0.2) is 5.97 Å². The smallest absolute Gasteiger partial charge is 0.314 e. The van der Waals surface area contributed by atoms with E-state index in [0.29, 0.717) is 18.1 Å². The zero-order valence-corrected chi connectivity index (χ0v) is 14.6. The van der Waals surface area contributed by atoms with Crippen molar-refractivity contribution in [1.82, 2.24) is 0 Å². The number of rotatable bonds is 3. The Bertz CT molecular complexity index is 592. The second-order valence-corrected chi connectivity index (χ2v) is 7.75. The maximum Gasteiger partial charge on any atom is 0.314 e. The molecule has 0 bridgehead atoms. The van der Waals surface area contributed by atoms with Gasteiger partial charge in [-0.3, -0.25) is 4.79 Å². The third-order valence-electron chi connectivity index (χ3n) is 6.01. The molecule has 1 aromatic carbocycles. The van der Waals surface area contributed by atoms with E-state index in [2.05, 4.69) is 6.92 Å². The summed E-state index contributed by atoms with van der Waals surface area (Å²) in [5, 5.41) is 0. The molecule has 25 heavy (non-hydrogen) atoms. The highest BCUT2D eigenvalue weighted by Gasteiger charge is 2.33. The molecular weight excluding hydrogens is 329 g/mol. The molecule has 0 aromatic heterocycles. The Morgan fingerprint density at radius 3 is 1.88 bits per heavy atom. The maximum absolute atomic E-state index is 13.2. The molecule has 2 nitrogen and oxygen atoms in total. The van der Waals surface area contributed by atoms with Gasteiger partial charge in [0.05, 0.1) is 5.92 Å². The Morgan fingerprint density at radius 1 is 0.880 bits per heavy atom. The lowest BCUT2D eigenvalue weighted by Gasteiger charge is -2.36. The molecule has 0 radical (unpaired) electrons. The van der Waals surface area contributed by atoms with E-state index >= 15 is 0 Å². The van der Waals surface area contributed by atoms with E-state index < -0.39 is 23.4 Å². The predicted molar refractivity (Wildman–Crippen MR) is 88.5 cm³/mol. The molecule has 0 unspecified atom stereocenters. The predicted octanol–water partition coefficient (Wildman–Crippen LogP) is 5.64. The highest BCUT2D eigenvalue weighted by Crippen LogP contribution is 2.41. The minimum Gasteiger partial charge on any atom is -0.426 e. The van der Waals surface area contributed by atoms with E-state index in [9.17, 15) is 18.0 Å². The second-order valence-electron chi connectivity index (χ2n) is 7.75. The Kier molecular flexibility index (Phi) is 5.70. The fraction of sp³-hybridized carbons (Fsp3) is 0.650. The molecule has 1 aromatic rings. The summed E-state index contributed by atoms with van der Waals surface area (Å²) in [5.41, 5.74) is 0. The van der Waals surface area contributed by atoms with Crippen LogP contribution < -0.4 is 4.74 Å². The summed E-state index contributed by atoms with van der Waals surface area (Å²) >= 11 is 0. The van der Waals surface area contributed by atoms with Gasteiger partial charge in [0, 0.05) is 12.1 Å². The molecule has 0 aliphatic heterocycles. The van der Waals surface area contributed by atoms with Crippen LogP contribution in [0.2, 0.25) is 0 Å². The van der Waals surface area contributed by atoms with E-state index in [4.69, 9.17) is 4.74 Å². The third kappa shape index (κ3) is 4.36. The lowest BCUT2D eigenvalue weighted by Crippen LogP contribution is -2.29. The third-order valence-corrected chi connectivity index (χ3v) is 6.01. The van der Waals surface area contributed by atoms with Crippen LogP contribution in [-0.2, 0) is 4.79 Å². The quantitative estimate of drug-likeness (QED) is 0.399. The molecule has 0 heterocycles. The Labute approximate surface area is 146 Å². The first-order valence-electron chi connectivity index (χ1n) is 9.30. The van der Waals surface area contributed by atoms with Gasteiger partial charge in [0.2, 0.25) is 0 Å². The van der Waals surface area contributed by atoms with E-state index in [1.807, 2.05) is 0 Å². The van der Waals surface area contributed by atoms with Gasteiger partial charge in [-0.25, -0.2) is 13.2 Å². The largest absolute Gasteiger partial charge is 0.426 e. The SMILES string of the molecule is CC1CCC(C2CCC(C(=O)Oc3cc(F)c(F)c(F)c3)CC2)CC1. The monoisotopic (exact) mass is 354 g/mol. The molecule has 2 aliphatic carbocycles. The normalized spacial score (nSPS) is 30.1. The molecule has 138 valence electrons. The first-order valence-corrected chi connectivity index (χ1v) is 9.30. The molecule has 2 saturated carbocycles. The molecule has 0 saturated heterocycles. The molecule has 5 heteroatoms. The number of carbonyl (C=O) groups excluding carboxylic acids is 1. The minimum absolute atomic E-state index is 0.241. The van der Waals surface area contributed by atoms with Crippen molar-refractivity contribution >= 4 is 5.97 Å². The summed E-state index contributed by atoms with van der Waals surface area (Å²) in [6.07, 6.45) is 8.69. The molecule has 0 N–H and O–H groups in total. The van der Waals surface area contributed by atoms with Crippen LogP contribution in [0.5, 0.6) is 5.75 Å². The Morgan fingerprint density at radius 2 is 1.36 bits per heavy atom. The Hall–Kier alpha value is -1.52. The number of benzene rings is 1. The van der Waals surface area contributed by atoms with E-state index in [-0.39, 0.29) is 11.7 Å². The molecule has 2 fully saturated rings. The van der Waals surface area contributed by atoms with Gasteiger partial charge in [0.15, 0.2) is 17.5 Å². The van der Waals surface area contributed by atoms with Crippen LogP contribution in [0.3, 0.4) is 0 Å². The maximum atomic E-state index is 13.2. The summed E-state index contributed by atoms with van der Waals surface area (Å²) in [6, 6.07) is 1.43. The average molecular weight is 354 g/mol. The molecule has 3 rings (SSSR count). The van der Waals surface area contributed by atoms with Crippen LogP contribution in [0.1, 0.15) is 58.3 Å². The summed E-state index contributed by atoms with van der Waals surface area (Å²) in [5.74, 6) is -2.95. The topological polar surface area (TPSA) is 26.3 Å². The summed E-state index contributed by atoms with van der Waals surface area (Å²) < 4.78 is 44.5. The number of carbonyl (C=O) groups is 1. The van der Waals surface area contributed by atoms with Crippen molar-refractivity contribution in [2.45, 2.75) is 58.3 Å². The minimum atomic E-state index is -1.55. The fourth-order valence-electron chi connectivity index (χ4n) is 4.37. The summed E-state index contributed by atoms with van der Waals surface area (Å²) in [6.45, 7) is 2.31. The number of ether oxygens (including phenoxy) is 1. The van der Waals surface area contributed by atoms with E-state index in [1.165, 1.54) is 25.7 Å². The van der Waals surface area contributed by atoms with Crippen LogP contribution in [0.25, 0.3) is 0 Å². The van der Waals surface area contributed by atoms with Crippen molar-refractivity contribution in [1.29, 1.82) is 0 Å². The molecule has 2 aliphatic rings. The van der Waals surface area contributed by atoms with Crippen molar-refractivity contribution in [3.8, 4) is 5.75 Å². The Balaban J connectivity index is 1.52. The van der Waals surface area contributed by atoms with E-state index in [1.54, 1.807) is 0 Å². The van der Waals surface area contributed by atoms with Gasteiger partial charge >= 0.3 is 5.97 Å². The van der Waals surface area contributed by atoms with Gasteiger partial charge in [0.1, 0.15) is 5.75 Å². The van der Waals surface area contributed by atoms with Crippen LogP contribution in [0, 0.1) is 41.1 Å². The zero-order valence-electron chi connectivity index (χ0n) is 14.6. The van der Waals surface area contributed by atoms with E-state index in [0.717, 1.165) is 37.5 Å². The zero-order chi connectivity index (χ0) is 18.0. The van der Waals surface area contributed by atoms with Crippen LogP contribution in [0.15, 0.2) is 12.1 Å². The van der Waals surface area contributed by atoms with Crippen molar-refractivity contribution in [2.24, 2.45) is 23.7 Å². The van der Waals surface area contributed by atoms with Crippen molar-refractivity contribution in [2.75, 3.05) is 0 Å². The van der Waals surface area contributed by atoms with Gasteiger partial charge in [-0.15, -0.1) is 0 Å². The van der Waals surface area contributed by atoms with Crippen LogP contribution in [0.4, 0.5) is 13.2 Å². The highest BCUT2D eigenvalue weighted by atomic mass is 19.2. The molecule has 0 atom stereocenters. The summed E-state index contributed by atoms with van der Waals surface area (Å²) in [4.78, 5) is 12.2. The first-order chi connectivity index (χ1) is 11.9. The number of hydrogen-bond acceptors (Lipinski definition) is 2. The second kappa shape index (κ2) is 7.79. The van der Waals surface area contributed by atoms with Gasteiger partial charge in [-0.05, 0) is 56.3 Å².